The van der Waals surface area contributed by atoms with Crippen molar-refractivity contribution in [2.45, 2.75) is 39.7 Å². The van der Waals surface area contributed by atoms with Gasteiger partial charge in [-0.15, -0.1) is 0 Å². The zero-order chi connectivity index (χ0) is 11.4. The van der Waals surface area contributed by atoms with E-state index in [0.29, 0.717) is 0 Å². The largest absolute Gasteiger partial charge is 0.356 e. The average Bonchev–Trinajstić information content (AvgIpc) is 2.30. The first-order valence-electron chi connectivity index (χ1n) is 6.19. The summed E-state index contributed by atoms with van der Waals surface area (Å²) in [6.45, 7) is 6.51. The van der Waals surface area contributed by atoms with E-state index in [9.17, 15) is 0 Å². The highest BCUT2D eigenvalue weighted by atomic mass is 15.2. The summed E-state index contributed by atoms with van der Waals surface area (Å²) >= 11 is 0. The van der Waals surface area contributed by atoms with E-state index in [2.05, 4.69) is 48.0 Å². The van der Waals surface area contributed by atoms with Crippen LogP contribution in [0, 0.1) is 0 Å². The predicted molar refractivity (Wildman–Crippen MR) is 69.1 cm³/mol. The van der Waals surface area contributed by atoms with Crippen LogP contribution in [0.3, 0.4) is 0 Å². The van der Waals surface area contributed by atoms with Crippen LogP contribution in [0.25, 0.3) is 0 Å². The van der Waals surface area contributed by atoms with Gasteiger partial charge in [-0.05, 0) is 25.0 Å². The quantitative estimate of drug-likeness (QED) is 0.700. The molecule has 1 aromatic rings. The molecule has 0 aliphatic carbocycles. The third-order valence-electron chi connectivity index (χ3n) is 3.12. The predicted octanol–water partition coefficient (Wildman–Crippen LogP) is 3.74. The standard InChI is InChI=1S/C14H20N2/c1-3-4-7-10-16-11-13-8-5-6-9-14(13)15-12(16)2/h5-6,8-9H,3-4,7,10-11H2,1-2H3. The molecule has 0 N–H and O–H groups in total. The molecule has 0 fully saturated rings. The minimum absolute atomic E-state index is 1.02. The first kappa shape index (κ1) is 11.2. The summed E-state index contributed by atoms with van der Waals surface area (Å²) in [6.07, 6.45) is 3.86. The molecule has 0 saturated heterocycles. The van der Waals surface area contributed by atoms with Crippen molar-refractivity contribution in [3.05, 3.63) is 29.8 Å². The van der Waals surface area contributed by atoms with E-state index in [-0.39, 0.29) is 0 Å². The number of benzene rings is 1. The van der Waals surface area contributed by atoms with Gasteiger partial charge in [0.1, 0.15) is 5.84 Å². The van der Waals surface area contributed by atoms with Gasteiger partial charge in [-0.25, -0.2) is 4.99 Å². The monoisotopic (exact) mass is 216 g/mol. The Hall–Kier alpha value is -1.31. The van der Waals surface area contributed by atoms with Crippen LogP contribution in [0.2, 0.25) is 0 Å². The minimum Gasteiger partial charge on any atom is -0.356 e. The number of fused-ring (bicyclic) bond motifs is 1. The Morgan fingerprint density at radius 1 is 1.25 bits per heavy atom. The van der Waals surface area contributed by atoms with Crippen molar-refractivity contribution >= 4 is 11.5 Å². The summed E-state index contributed by atoms with van der Waals surface area (Å²) < 4.78 is 0. The maximum Gasteiger partial charge on any atom is 0.102 e. The molecule has 2 nitrogen and oxygen atoms in total. The van der Waals surface area contributed by atoms with Crippen LogP contribution in [-0.4, -0.2) is 17.3 Å². The van der Waals surface area contributed by atoms with Crippen LogP contribution < -0.4 is 0 Å². The van der Waals surface area contributed by atoms with Gasteiger partial charge in [-0.3, -0.25) is 0 Å². The van der Waals surface area contributed by atoms with Crippen molar-refractivity contribution < 1.29 is 0 Å². The Kier molecular flexibility index (Phi) is 3.60. The Balaban J connectivity index is 2.05. The van der Waals surface area contributed by atoms with E-state index >= 15 is 0 Å². The lowest BCUT2D eigenvalue weighted by atomic mass is 10.1. The number of unbranched alkanes of at least 4 members (excludes halogenated alkanes) is 2. The van der Waals surface area contributed by atoms with Crippen LogP contribution in [0.15, 0.2) is 29.3 Å². The van der Waals surface area contributed by atoms with Crippen molar-refractivity contribution in [3.8, 4) is 0 Å². The molecule has 0 atom stereocenters. The van der Waals surface area contributed by atoms with E-state index < -0.39 is 0 Å². The molecule has 1 aliphatic heterocycles. The Bertz CT molecular complexity index is 382. The molecule has 0 bridgehead atoms. The lowest BCUT2D eigenvalue weighted by molar-refractivity contribution is 0.390. The van der Waals surface area contributed by atoms with Crippen molar-refractivity contribution in [2.75, 3.05) is 6.54 Å². The highest BCUT2D eigenvalue weighted by Gasteiger charge is 2.15. The van der Waals surface area contributed by atoms with Crippen molar-refractivity contribution in [2.24, 2.45) is 4.99 Å². The Labute approximate surface area is 98.0 Å². The van der Waals surface area contributed by atoms with Gasteiger partial charge in [0.15, 0.2) is 0 Å². The third kappa shape index (κ3) is 2.43. The second-order valence-corrected chi connectivity index (χ2v) is 4.42. The zero-order valence-electron chi connectivity index (χ0n) is 10.2. The van der Waals surface area contributed by atoms with Crippen LogP contribution >= 0.6 is 0 Å². The molecular formula is C14H20N2. The molecule has 0 amide bonds. The topological polar surface area (TPSA) is 15.6 Å². The molecule has 16 heavy (non-hydrogen) atoms. The fraction of sp³-hybridized carbons (Fsp3) is 0.500. The minimum atomic E-state index is 1.02. The van der Waals surface area contributed by atoms with Crippen molar-refractivity contribution in [3.63, 3.8) is 0 Å². The van der Waals surface area contributed by atoms with Crippen molar-refractivity contribution in [1.82, 2.24) is 4.90 Å². The van der Waals surface area contributed by atoms with Gasteiger partial charge < -0.3 is 4.90 Å². The number of aliphatic imine (C=N–C) groups is 1. The van der Waals surface area contributed by atoms with Gasteiger partial charge in [-0.1, -0.05) is 38.0 Å². The smallest absolute Gasteiger partial charge is 0.102 e. The molecule has 0 radical (unpaired) electrons. The molecule has 0 saturated carbocycles. The van der Waals surface area contributed by atoms with Crippen LogP contribution in [0.1, 0.15) is 38.7 Å². The van der Waals surface area contributed by atoms with Crippen LogP contribution in [0.4, 0.5) is 5.69 Å². The Morgan fingerprint density at radius 2 is 2.06 bits per heavy atom. The van der Waals surface area contributed by atoms with Gasteiger partial charge in [0.2, 0.25) is 0 Å². The average molecular weight is 216 g/mol. The lowest BCUT2D eigenvalue weighted by Crippen LogP contribution is -2.31. The fourth-order valence-corrected chi connectivity index (χ4v) is 2.11. The molecule has 0 spiro atoms. The summed E-state index contributed by atoms with van der Waals surface area (Å²) in [6, 6.07) is 8.43. The SMILES string of the molecule is CCCCCN1Cc2ccccc2N=C1C. The van der Waals surface area contributed by atoms with Crippen molar-refractivity contribution in [1.29, 1.82) is 0 Å². The first-order chi connectivity index (χ1) is 7.81. The zero-order valence-corrected chi connectivity index (χ0v) is 10.2. The summed E-state index contributed by atoms with van der Waals surface area (Å²) in [5.41, 5.74) is 2.50. The number of hydrogen-bond donors (Lipinski definition) is 0. The molecular weight excluding hydrogens is 196 g/mol. The maximum absolute atomic E-state index is 4.65. The summed E-state index contributed by atoms with van der Waals surface area (Å²) in [7, 11) is 0. The molecule has 2 heteroatoms. The summed E-state index contributed by atoms with van der Waals surface area (Å²) in [5, 5.41) is 0. The van der Waals surface area contributed by atoms with E-state index in [0.717, 1.165) is 24.6 Å². The third-order valence-corrected chi connectivity index (χ3v) is 3.12. The number of para-hydroxylation sites is 1. The lowest BCUT2D eigenvalue weighted by Gasteiger charge is -2.28. The molecule has 0 aromatic heterocycles. The Morgan fingerprint density at radius 3 is 2.88 bits per heavy atom. The van der Waals surface area contributed by atoms with E-state index in [4.69, 9.17) is 0 Å². The van der Waals surface area contributed by atoms with Crippen LogP contribution in [-0.2, 0) is 6.54 Å². The highest BCUT2D eigenvalue weighted by molar-refractivity contribution is 5.84. The van der Waals surface area contributed by atoms with Gasteiger partial charge in [0.25, 0.3) is 0 Å². The molecule has 1 aromatic carbocycles. The van der Waals surface area contributed by atoms with Gasteiger partial charge in [0.05, 0.1) is 5.69 Å². The second kappa shape index (κ2) is 5.15. The van der Waals surface area contributed by atoms with E-state index in [1.807, 2.05) is 0 Å². The number of rotatable bonds is 4. The molecule has 1 heterocycles. The number of nitrogens with zero attached hydrogens (tertiary/aromatic N) is 2. The molecule has 0 unspecified atom stereocenters. The fourth-order valence-electron chi connectivity index (χ4n) is 2.11. The van der Waals surface area contributed by atoms with E-state index in [1.54, 1.807) is 0 Å². The molecule has 86 valence electrons. The summed E-state index contributed by atoms with van der Waals surface area (Å²) in [4.78, 5) is 7.04. The second-order valence-electron chi connectivity index (χ2n) is 4.42. The van der Waals surface area contributed by atoms with E-state index in [1.165, 1.54) is 24.8 Å². The molecule has 2 rings (SSSR count). The molecule has 1 aliphatic rings. The maximum atomic E-state index is 4.65. The van der Waals surface area contributed by atoms with Gasteiger partial charge in [0, 0.05) is 13.1 Å². The highest BCUT2D eigenvalue weighted by Crippen LogP contribution is 2.25. The number of hydrogen-bond acceptors (Lipinski definition) is 2. The van der Waals surface area contributed by atoms with Crippen LogP contribution in [0.5, 0.6) is 0 Å². The first-order valence-corrected chi connectivity index (χ1v) is 6.19. The van der Waals surface area contributed by atoms with Gasteiger partial charge >= 0.3 is 0 Å². The summed E-state index contributed by atoms with van der Waals surface area (Å²) in [5.74, 6) is 1.16. The normalized spacial score (nSPS) is 14.6. The number of amidine groups is 1. The van der Waals surface area contributed by atoms with Gasteiger partial charge in [-0.2, -0.15) is 0 Å².